The average molecular weight is 559 g/mol. The Morgan fingerprint density at radius 2 is 1.98 bits per heavy atom. The molecule has 1 aromatic heterocycles. The number of primary amides is 1. The summed E-state index contributed by atoms with van der Waals surface area (Å²) >= 11 is 0. The summed E-state index contributed by atoms with van der Waals surface area (Å²) in [5.41, 5.74) is 5.68. The summed E-state index contributed by atoms with van der Waals surface area (Å²) in [4.78, 5) is 41.3. The number of carbonyl (C=O) groups is 3. The van der Waals surface area contributed by atoms with Crippen LogP contribution in [0.5, 0.6) is 0 Å². The molecule has 2 fully saturated rings. The summed E-state index contributed by atoms with van der Waals surface area (Å²) in [6.07, 6.45) is 2.16. The summed E-state index contributed by atoms with van der Waals surface area (Å²) in [6, 6.07) is 3.32. The molecule has 12 atom stereocenters. The molecule has 11 heteroatoms. The smallest absolute Gasteiger partial charge is 0.404 e. The maximum absolute atomic E-state index is 13.2. The van der Waals surface area contributed by atoms with Crippen LogP contribution in [-0.2, 0) is 28.5 Å². The van der Waals surface area contributed by atoms with E-state index in [2.05, 4.69) is 4.98 Å². The first-order valence-electron chi connectivity index (χ1n) is 13.8. The van der Waals surface area contributed by atoms with Crippen LogP contribution < -0.4 is 5.73 Å². The minimum atomic E-state index is -1.03. The van der Waals surface area contributed by atoms with E-state index in [4.69, 9.17) is 29.4 Å². The van der Waals surface area contributed by atoms with Crippen molar-refractivity contribution in [2.45, 2.75) is 76.3 Å². The summed E-state index contributed by atoms with van der Waals surface area (Å²) in [5, 5.41) is 10.5. The Morgan fingerprint density at radius 1 is 1.23 bits per heavy atom. The zero-order chi connectivity index (χ0) is 28.9. The number of amides is 1. The van der Waals surface area contributed by atoms with E-state index in [-0.39, 0.29) is 30.1 Å². The molecule has 1 aromatic rings. The van der Waals surface area contributed by atoms with Gasteiger partial charge in [0, 0.05) is 42.9 Å². The first-order chi connectivity index (χ1) is 19.0. The van der Waals surface area contributed by atoms with Gasteiger partial charge in [-0.05, 0) is 38.0 Å². The summed E-state index contributed by atoms with van der Waals surface area (Å²) in [6.45, 7) is 7.24. The average Bonchev–Trinajstić information content (AvgIpc) is 3.49. The van der Waals surface area contributed by atoms with Crippen molar-refractivity contribution in [1.82, 2.24) is 4.98 Å². The Morgan fingerprint density at radius 3 is 2.60 bits per heavy atom. The number of aliphatic hydroxyl groups is 1. The number of nitrogens with two attached hydrogens (primary N) is 1. The van der Waals surface area contributed by atoms with Gasteiger partial charge < -0.3 is 39.5 Å². The van der Waals surface area contributed by atoms with Gasteiger partial charge in [0.05, 0.1) is 6.10 Å². The van der Waals surface area contributed by atoms with Crippen molar-refractivity contribution >= 4 is 18.0 Å². The van der Waals surface area contributed by atoms with E-state index in [1.807, 2.05) is 39.0 Å². The van der Waals surface area contributed by atoms with Crippen LogP contribution in [0.25, 0.3) is 0 Å². The number of hydrogen-bond acceptors (Lipinski definition) is 9. The van der Waals surface area contributed by atoms with E-state index in [9.17, 15) is 19.5 Å². The summed E-state index contributed by atoms with van der Waals surface area (Å²) in [7, 11) is 1.44. The maximum atomic E-state index is 13.2. The highest BCUT2D eigenvalue weighted by molar-refractivity contribution is 5.87. The molecule has 5 rings (SSSR count). The van der Waals surface area contributed by atoms with Crippen molar-refractivity contribution in [3.63, 3.8) is 0 Å². The summed E-state index contributed by atoms with van der Waals surface area (Å²) in [5.74, 6) is -2.95. The van der Waals surface area contributed by atoms with Gasteiger partial charge in [-0.15, -0.1) is 0 Å². The van der Waals surface area contributed by atoms with Crippen molar-refractivity contribution in [3.05, 3.63) is 47.8 Å². The molecule has 0 aromatic carbocycles. The highest BCUT2D eigenvalue weighted by Gasteiger charge is 2.70. The fourth-order valence-electron chi connectivity index (χ4n) is 7.43. The molecule has 1 saturated carbocycles. The zero-order valence-corrected chi connectivity index (χ0v) is 23.3. The van der Waals surface area contributed by atoms with Gasteiger partial charge in [0.15, 0.2) is 6.10 Å². The van der Waals surface area contributed by atoms with Gasteiger partial charge in [-0.3, -0.25) is 0 Å². The van der Waals surface area contributed by atoms with Crippen molar-refractivity contribution in [3.8, 4) is 0 Å². The zero-order valence-electron chi connectivity index (χ0n) is 23.3. The fourth-order valence-corrected chi connectivity index (χ4v) is 7.43. The third kappa shape index (κ3) is 4.53. The highest BCUT2D eigenvalue weighted by atomic mass is 16.6. The molecule has 218 valence electrons. The van der Waals surface area contributed by atoms with Gasteiger partial charge in [-0.25, -0.2) is 14.4 Å². The molecule has 1 spiro atoms. The molecule has 1 unspecified atom stereocenters. The Balaban J connectivity index is 1.63. The third-order valence-corrected chi connectivity index (χ3v) is 9.15. The number of aromatic nitrogens is 1. The lowest BCUT2D eigenvalue weighted by Crippen LogP contribution is -2.58. The molecule has 3 heterocycles. The van der Waals surface area contributed by atoms with Crippen LogP contribution >= 0.6 is 0 Å². The number of ether oxygens (including phenoxy) is 5. The van der Waals surface area contributed by atoms with Crippen molar-refractivity contribution in [1.29, 1.82) is 0 Å². The number of carbonyl (C=O) groups excluding carboxylic acids is 3. The number of H-pyrrole nitrogens is 1. The van der Waals surface area contributed by atoms with Crippen molar-refractivity contribution in [2.24, 2.45) is 35.3 Å². The minimum Gasteiger partial charge on any atom is -0.457 e. The first kappa shape index (κ1) is 28.4. The summed E-state index contributed by atoms with van der Waals surface area (Å²) < 4.78 is 30.1. The number of methoxy groups -OCH3 is 1. The largest absolute Gasteiger partial charge is 0.457 e. The fraction of sp³-hybridized carbons (Fsp3) is 0.621. The molecule has 1 saturated heterocycles. The van der Waals surface area contributed by atoms with Crippen molar-refractivity contribution < 1.29 is 43.2 Å². The number of aliphatic hydroxyl groups excluding tert-OH is 1. The van der Waals surface area contributed by atoms with Gasteiger partial charge in [0.2, 0.25) is 0 Å². The SMILES string of the molecule is CO[C@H]1CC2C=C[C@H]3[C@H]4O[C@]2(/C(C)=C/[C@@H](C)[C@@H]([C@@H](C)O)OC1=O)[C@@H]3[C@H](OC(N)=O)[C@@H](C)[C@H]4OC(=O)c1ccc[nH]1. The van der Waals surface area contributed by atoms with Crippen LogP contribution in [-0.4, -0.2) is 77.5 Å². The van der Waals surface area contributed by atoms with Crippen LogP contribution in [0.15, 0.2) is 42.1 Å². The number of hydrogen-bond donors (Lipinski definition) is 3. The predicted molar refractivity (Wildman–Crippen MR) is 141 cm³/mol. The van der Waals surface area contributed by atoms with Crippen LogP contribution in [0.4, 0.5) is 4.79 Å². The lowest BCUT2D eigenvalue weighted by Gasteiger charge is -2.49. The Bertz CT molecular complexity index is 1190. The monoisotopic (exact) mass is 558 g/mol. The van der Waals surface area contributed by atoms with Gasteiger partial charge in [0.25, 0.3) is 0 Å². The van der Waals surface area contributed by atoms with E-state index in [1.54, 1.807) is 25.3 Å². The Kier molecular flexibility index (Phi) is 7.58. The molecule has 11 nitrogen and oxygen atoms in total. The van der Waals surface area contributed by atoms with Gasteiger partial charge in [0.1, 0.15) is 35.7 Å². The quantitative estimate of drug-likeness (QED) is 0.280. The van der Waals surface area contributed by atoms with Crippen LogP contribution in [0, 0.1) is 29.6 Å². The van der Waals surface area contributed by atoms with E-state index in [0.717, 1.165) is 5.57 Å². The second-order valence-corrected chi connectivity index (χ2v) is 11.5. The topological polar surface area (TPSA) is 159 Å². The molecular weight excluding hydrogens is 520 g/mol. The van der Waals surface area contributed by atoms with Crippen LogP contribution in [0.3, 0.4) is 0 Å². The van der Waals surface area contributed by atoms with E-state index in [0.29, 0.717) is 5.69 Å². The molecular formula is C29H38N2O9. The molecule has 40 heavy (non-hydrogen) atoms. The molecule has 4 bridgehead atoms. The third-order valence-electron chi connectivity index (χ3n) is 9.15. The number of esters is 2. The number of aromatic amines is 1. The molecule has 4 N–H and O–H groups in total. The molecule has 4 aliphatic rings. The molecule has 0 radical (unpaired) electrons. The van der Waals surface area contributed by atoms with E-state index >= 15 is 0 Å². The van der Waals surface area contributed by atoms with Gasteiger partial charge in [-0.2, -0.15) is 0 Å². The Labute approximate surface area is 233 Å². The maximum Gasteiger partial charge on any atom is 0.404 e. The molecule has 2 aliphatic heterocycles. The van der Waals surface area contributed by atoms with Gasteiger partial charge >= 0.3 is 18.0 Å². The lowest BCUT2D eigenvalue weighted by molar-refractivity contribution is -0.172. The lowest BCUT2D eigenvalue weighted by atomic mass is 9.57. The van der Waals surface area contributed by atoms with E-state index < -0.39 is 66.2 Å². The standard InChI is InChI=1S/C29H38N2O9/c1-13-11-14(2)29-17(12-20(36-5)27(34)37-22(13)16(4)32)8-9-18-21(29)23(39-28(30)35)15(3)24(25(18)40-29)38-26(33)19-7-6-10-31-19/h6-11,13,15-18,20-25,31-32H,12H2,1-5H3,(H2,30,35)/b14-11+/t13-,15-,16-,17?,18-,20+,21+,22+,23-,24-,25-,29+/m1/s1. The second kappa shape index (κ2) is 10.7. The van der Waals surface area contributed by atoms with Crippen LogP contribution in [0.2, 0.25) is 0 Å². The van der Waals surface area contributed by atoms with Crippen LogP contribution in [0.1, 0.15) is 44.6 Å². The first-order valence-corrected chi connectivity index (χ1v) is 13.8. The Hall–Kier alpha value is -3.15. The number of cyclic esters (lactones) is 1. The number of rotatable bonds is 5. The second-order valence-electron chi connectivity index (χ2n) is 11.5. The van der Waals surface area contributed by atoms with E-state index in [1.165, 1.54) is 7.11 Å². The normalized spacial score (nSPS) is 42.5. The van der Waals surface area contributed by atoms with Crippen molar-refractivity contribution in [2.75, 3.05) is 7.11 Å². The minimum absolute atomic E-state index is 0.221. The molecule has 2 aliphatic carbocycles. The highest BCUT2D eigenvalue weighted by Crippen LogP contribution is 2.61. The van der Waals surface area contributed by atoms with Gasteiger partial charge in [-0.1, -0.05) is 32.1 Å². The number of nitrogens with one attached hydrogen (secondary N) is 1. The predicted octanol–water partition coefficient (Wildman–Crippen LogP) is 2.50. The molecule has 1 amide bonds.